The molecule has 7 nitrogen and oxygen atoms in total. The van der Waals surface area contributed by atoms with Crippen LogP contribution in [0.3, 0.4) is 0 Å². The Kier molecular flexibility index (Phi) is 6.75. The molecule has 2 aromatic carbocycles. The minimum absolute atomic E-state index is 0.249. The maximum Gasteiger partial charge on any atom is 0.222 e. The van der Waals surface area contributed by atoms with Crippen LogP contribution in [0.2, 0.25) is 0 Å². The third kappa shape index (κ3) is 5.04. The van der Waals surface area contributed by atoms with E-state index in [0.29, 0.717) is 19.4 Å². The van der Waals surface area contributed by atoms with Gasteiger partial charge in [-0.2, -0.15) is 5.10 Å². The van der Waals surface area contributed by atoms with Crippen molar-refractivity contribution < 1.29 is 4.79 Å². The summed E-state index contributed by atoms with van der Waals surface area (Å²) in [6.07, 6.45) is 4.94. The molecular weight excluding hydrogens is 436 g/mol. The van der Waals surface area contributed by atoms with Crippen LogP contribution in [0.1, 0.15) is 43.1 Å². The van der Waals surface area contributed by atoms with E-state index in [1.165, 1.54) is 11.1 Å². The van der Waals surface area contributed by atoms with Crippen molar-refractivity contribution in [1.29, 1.82) is 0 Å². The average Bonchev–Trinajstić information content (AvgIpc) is 3.14. The molecular formula is C28H32N6O. The number of benzene rings is 2. The van der Waals surface area contributed by atoms with E-state index < -0.39 is 0 Å². The van der Waals surface area contributed by atoms with Crippen molar-refractivity contribution in [1.82, 2.24) is 24.6 Å². The Hall–Kier alpha value is -3.74. The number of amides is 1. The highest BCUT2D eigenvalue weighted by molar-refractivity contribution is 5.88. The zero-order valence-corrected chi connectivity index (χ0v) is 20.5. The van der Waals surface area contributed by atoms with Gasteiger partial charge in [-0.25, -0.2) is 14.6 Å². The molecule has 0 N–H and O–H groups in total. The molecule has 2 aromatic heterocycles. The lowest BCUT2D eigenvalue weighted by Gasteiger charge is -2.24. The van der Waals surface area contributed by atoms with E-state index in [0.717, 1.165) is 60.8 Å². The first-order valence-corrected chi connectivity index (χ1v) is 12.5. The molecule has 1 amide bonds. The zero-order valence-electron chi connectivity index (χ0n) is 20.5. The molecule has 0 unspecified atom stereocenters. The first-order chi connectivity index (χ1) is 17.1. The molecule has 1 fully saturated rings. The molecule has 0 atom stereocenters. The summed E-state index contributed by atoms with van der Waals surface area (Å²) in [5, 5.41) is 5.63. The minimum atomic E-state index is 0.249. The second-order valence-corrected chi connectivity index (χ2v) is 9.23. The maximum absolute atomic E-state index is 12.5. The molecule has 1 saturated heterocycles. The average molecular weight is 469 g/mol. The smallest absolute Gasteiger partial charge is 0.222 e. The van der Waals surface area contributed by atoms with E-state index in [1.807, 2.05) is 46.1 Å². The van der Waals surface area contributed by atoms with Gasteiger partial charge in [-0.05, 0) is 37.5 Å². The second kappa shape index (κ2) is 10.3. The predicted octanol–water partition coefficient (Wildman–Crippen LogP) is 4.55. The van der Waals surface area contributed by atoms with Crippen molar-refractivity contribution in [3.8, 4) is 5.69 Å². The topological polar surface area (TPSA) is 67.2 Å². The van der Waals surface area contributed by atoms with Gasteiger partial charge in [0.15, 0.2) is 5.65 Å². The van der Waals surface area contributed by atoms with Gasteiger partial charge in [0.05, 0.1) is 17.3 Å². The minimum Gasteiger partial charge on any atom is -0.354 e. The van der Waals surface area contributed by atoms with E-state index >= 15 is 0 Å². The van der Waals surface area contributed by atoms with Crippen LogP contribution >= 0.6 is 0 Å². The highest BCUT2D eigenvalue weighted by atomic mass is 16.2. The summed E-state index contributed by atoms with van der Waals surface area (Å²) in [7, 11) is 0. The Morgan fingerprint density at radius 1 is 0.943 bits per heavy atom. The van der Waals surface area contributed by atoms with E-state index in [-0.39, 0.29) is 5.91 Å². The lowest BCUT2D eigenvalue weighted by molar-refractivity contribution is -0.131. The monoisotopic (exact) mass is 468 g/mol. The highest BCUT2D eigenvalue weighted by Crippen LogP contribution is 2.27. The number of rotatable bonds is 6. The molecule has 0 radical (unpaired) electrons. The van der Waals surface area contributed by atoms with Crippen molar-refractivity contribution in [2.45, 2.75) is 39.5 Å². The largest absolute Gasteiger partial charge is 0.354 e. The molecule has 3 heterocycles. The van der Waals surface area contributed by atoms with Gasteiger partial charge in [-0.1, -0.05) is 55.0 Å². The molecule has 0 saturated carbocycles. The van der Waals surface area contributed by atoms with Gasteiger partial charge >= 0.3 is 0 Å². The number of carbonyl (C=O) groups excluding carboxylic acids is 1. The van der Waals surface area contributed by atoms with Crippen LogP contribution < -0.4 is 4.90 Å². The normalized spacial score (nSPS) is 14.3. The third-order valence-corrected chi connectivity index (χ3v) is 6.55. The number of hydrogen-bond acceptors (Lipinski definition) is 5. The van der Waals surface area contributed by atoms with Crippen LogP contribution in [0, 0.1) is 6.92 Å². The van der Waals surface area contributed by atoms with E-state index in [9.17, 15) is 4.79 Å². The third-order valence-electron chi connectivity index (χ3n) is 6.55. The number of carbonyl (C=O) groups is 1. The van der Waals surface area contributed by atoms with Gasteiger partial charge in [-0.15, -0.1) is 0 Å². The number of anilines is 1. The quantitative estimate of drug-likeness (QED) is 0.415. The fourth-order valence-electron chi connectivity index (χ4n) is 4.65. The fraction of sp³-hybridized carbons (Fsp3) is 0.357. The van der Waals surface area contributed by atoms with Crippen LogP contribution in [0.4, 0.5) is 5.82 Å². The molecule has 180 valence electrons. The second-order valence-electron chi connectivity index (χ2n) is 9.23. The Balaban J connectivity index is 1.53. The Bertz CT molecular complexity index is 1300. The van der Waals surface area contributed by atoms with E-state index in [1.54, 1.807) is 0 Å². The number of aromatic nitrogens is 4. The number of para-hydroxylation sites is 1. The Morgan fingerprint density at radius 2 is 1.74 bits per heavy atom. The van der Waals surface area contributed by atoms with Crippen molar-refractivity contribution in [2.24, 2.45) is 0 Å². The summed E-state index contributed by atoms with van der Waals surface area (Å²) in [5.74, 6) is 1.93. The van der Waals surface area contributed by atoms with Crippen LogP contribution in [-0.2, 0) is 11.2 Å². The molecule has 0 aliphatic carbocycles. The van der Waals surface area contributed by atoms with Crippen molar-refractivity contribution in [2.75, 3.05) is 31.1 Å². The zero-order chi connectivity index (χ0) is 24.2. The summed E-state index contributed by atoms with van der Waals surface area (Å²) in [6.45, 7) is 7.26. The van der Waals surface area contributed by atoms with Gasteiger partial charge in [0.2, 0.25) is 5.91 Å². The van der Waals surface area contributed by atoms with Crippen LogP contribution in [0.15, 0.2) is 60.8 Å². The SMILES string of the molecule is CCCC(=O)N1CCCN(c2nc(Cc3ccc(C)cc3)nc3c2cnn3-c2ccccc2)CC1. The summed E-state index contributed by atoms with van der Waals surface area (Å²) >= 11 is 0. The number of nitrogens with zero attached hydrogens (tertiary/aromatic N) is 6. The summed E-state index contributed by atoms with van der Waals surface area (Å²) in [5.41, 5.74) is 4.20. The maximum atomic E-state index is 12.5. The van der Waals surface area contributed by atoms with Gasteiger partial charge in [0.1, 0.15) is 11.6 Å². The molecule has 1 aliphatic heterocycles. The fourth-order valence-corrected chi connectivity index (χ4v) is 4.65. The lowest BCUT2D eigenvalue weighted by Crippen LogP contribution is -2.35. The van der Waals surface area contributed by atoms with Crippen molar-refractivity contribution in [3.63, 3.8) is 0 Å². The summed E-state index contributed by atoms with van der Waals surface area (Å²) < 4.78 is 1.90. The van der Waals surface area contributed by atoms with Crippen LogP contribution in [0.5, 0.6) is 0 Å². The first kappa shape index (κ1) is 23.0. The molecule has 4 aromatic rings. The van der Waals surface area contributed by atoms with E-state index in [2.05, 4.69) is 43.0 Å². The number of fused-ring (bicyclic) bond motifs is 1. The van der Waals surface area contributed by atoms with Crippen molar-refractivity contribution >= 4 is 22.8 Å². The van der Waals surface area contributed by atoms with Crippen LogP contribution in [-0.4, -0.2) is 56.7 Å². The summed E-state index contributed by atoms with van der Waals surface area (Å²) in [6, 6.07) is 18.6. The molecule has 7 heteroatoms. The number of hydrogen-bond donors (Lipinski definition) is 0. The number of aryl methyl sites for hydroxylation is 1. The predicted molar refractivity (Wildman–Crippen MR) is 139 cm³/mol. The van der Waals surface area contributed by atoms with Gasteiger partial charge < -0.3 is 9.80 Å². The van der Waals surface area contributed by atoms with Gasteiger partial charge in [-0.3, -0.25) is 4.79 Å². The van der Waals surface area contributed by atoms with E-state index in [4.69, 9.17) is 15.1 Å². The highest BCUT2D eigenvalue weighted by Gasteiger charge is 2.23. The standard InChI is InChI=1S/C28H32N6O/c1-3-8-26(35)32-15-7-16-33(18-17-32)27-24-20-29-34(23-9-5-4-6-10-23)28(24)31-25(30-27)19-22-13-11-21(2)12-14-22/h4-6,9-14,20H,3,7-8,15-19H2,1-2H3. The molecule has 0 bridgehead atoms. The molecule has 35 heavy (non-hydrogen) atoms. The molecule has 1 aliphatic rings. The van der Waals surface area contributed by atoms with Gasteiger partial charge in [0, 0.05) is 39.0 Å². The Morgan fingerprint density at radius 3 is 2.51 bits per heavy atom. The lowest BCUT2D eigenvalue weighted by atomic mass is 10.1. The summed E-state index contributed by atoms with van der Waals surface area (Å²) in [4.78, 5) is 26.9. The first-order valence-electron chi connectivity index (χ1n) is 12.5. The molecule has 0 spiro atoms. The van der Waals surface area contributed by atoms with Crippen molar-refractivity contribution in [3.05, 3.63) is 77.7 Å². The van der Waals surface area contributed by atoms with Crippen LogP contribution in [0.25, 0.3) is 16.7 Å². The molecule has 5 rings (SSSR count). The Labute approximate surface area is 206 Å². The van der Waals surface area contributed by atoms with Gasteiger partial charge in [0.25, 0.3) is 0 Å².